The molecular weight excluding hydrogens is 228 g/mol. The lowest BCUT2D eigenvalue weighted by molar-refractivity contribution is 0.0350. The molecule has 0 bridgehead atoms. The van der Waals surface area contributed by atoms with Gasteiger partial charge in [-0.25, -0.2) is 9.69 Å². The highest BCUT2D eigenvalue weighted by Gasteiger charge is 2.21. The van der Waals surface area contributed by atoms with Crippen molar-refractivity contribution in [3.05, 3.63) is 35.9 Å². The molecule has 1 aromatic carbocycles. The Hall–Kier alpha value is -2.02. The molecule has 0 saturated heterocycles. The van der Waals surface area contributed by atoms with E-state index in [0.29, 0.717) is 13.0 Å². The number of carbonyl (C=O) groups is 1. The summed E-state index contributed by atoms with van der Waals surface area (Å²) in [6.07, 6.45) is 1.89. The molecule has 4 nitrogen and oxygen atoms in total. The molecule has 0 aliphatic heterocycles. The predicted octanol–water partition coefficient (Wildman–Crippen LogP) is 2.95. The average molecular weight is 246 g/mol. The highest BCUT2D eigenvalue weighted by Crippen LogP contribution is 2.10. The van der Waals surface area contributed by atoms with Crippen molar-refractivity contribution in [1.29, 1.82) is 5.26 Å². The van der Waals surface area contributed by atoms with E-state index < -0.39 is 11.7 Å². The van der Waals surface area contributed by atoms with Crippen molar-refractivity contribution in [3.63, 3.8) is 0 Å². The lowest BCUT2D eigenvalue weighted by atomic mass is 10.1. The smallest absolute Gasteiger partial charge is 0.423 e. The van der Waals surface area contributed by atoms with E-state index in [1.807, 2.05) is 36.5 Å². The molecule has 0 aliphatic rings. The Morgan fingerprint density at radius 3 is 2.44 bits per heavy atom. The monoisotopic (exact) mass is 246 g/mol. The first-order chi connectivity index (χ1) is 8.42. The van der Waals surface area contributed by atoms with E-state index >= 15 is 0 Å². The number of benzene rings is 1. The maximum Gasteiger partial charge on any atom is 0.423 e. The molecule has 1 amide bonds. The molecule has 0 atom stereocenters. The zero-order chi connectivity index (χ0) is 13.6. The second kappa shape index (κ2) is 6.06. The lowest BCUT2D eigenvalue weighted by Crippen LogP contribution is -2.34. The van der Waals surface area contributed by atoms with Gasteiger partial charge in [0, 0.05) is 6.54 Å². The molecule has 4 heteroatoms. The van der Waals surface area contributed by atoms with Crippen LogP contribution in [-0.2, 0) is 11.2 Å². The van der Waals surface area contributed by atoms with Crippen LogP contribution in [0.25, 0.3) is 0 Å². The van der Waals surface area contributed by atoms with Gasteiger partial charge in [-0.3, -0.25) is 0 Å². The number of ether oxygens (including phenoxy) is 1. The summed E-state index contributed by atoms with van der Waals surface area (Å²) in [6, 6.07) is 9.72. The summed E-state index contributed by atoms with van der Waals surface area (Å²) < 4.78 is 5.14. The first kappa shape index (κ1) is 14.0. The minimum Gasteiger partial charge on any atom is -0.443 e. The largest absolute Gasteiger partial charge is 0.443 e. The fourth-order valence-corrected chi connectivity index (χ4v) is 1.38. The summed E-state index contributed by atoms with van der Waals surface area (Å²) in [5, 5.41) is 8.95. The standard InChI is InChI=1S/C14H18N2O2/c1-14(2,3)18-13(17)16(11-15)10-9-12-7-5-4-6-8-12/h4-8H,9-10H2,1-3H3. The maximum absolute atomic E-state index is 11.7. The summed E-state index contributed by atoms with van der Waals surface area (Å²) in [7, 11) is 0. The molecule has 0 radical (unpaired) electrons. The molecule has 0 heterocycles. The van der Waals surface area contributed by atoms with Gasteiger partial charge in [0.1, 0.15) is 5.60 Å². The molecule has 1 aromatic rings. The molecule has 0 unspecified atom stereocenters. The van der Waals surface area contributed by atoms with E-state index in [4.69, 9.17) is 10.00 Å². The quantitative estimate of drug-likeness (QED) is 0.608. The van der Waals surface area contributed by atoms with E-state index in [1.54, 1.807) is 20.8 Å². The van der Waals surface area contributed by atoms with Crippen LogP contribution < -0.4 is 0 Å². The van der Waals surface area contributed by atoms with Gasteiger partial charge in [-0.1, -0.05) is 30.3 Å². The summed E-state index contributed by atoms with van der Waals surface area (Å²) in [5.41, 5.74) is 0.500. The molecule has 1 rings (SSSR count). The maximum atomic E-state index is 11.7. The van der Waals surface area contributed by atoms with Gasteiger partial charge in [0.2, 0.25) is 0 Å². The third kappa shape index (κ3) is 4.88. The average Bonchev–Trinajstić information content (AvgIpc) is 2.29. The van der Waals surface area contributed by atoms with Crippen LogP contribution in [0.3, 0.4) is 0 Å². The first-order valence-electron chi connectivity index (χ1n) is 5.86. The van der Waals surface area contributed by atoms with Gasteiger partial charge in [-0.05, 0) is 32.8 Å². The third-order valence-electron chi connectivity index (χ3n) is 2.20. The van der Waals surface area contributed by atoms with Gasteiger partial charge in [-0.15, -0.1) is 0 Å². The van der Waals surface area contributed by atoms with E-state index in [9.17, 15) is 4.79 Å². The van der Waals surface area contributed by atoms with Crippen molar-refractivity contribution >= 4 is 6.09 Å². The van der Waals surface area contributed by atoms with E-state index in [1.165, 1.54) is 0 Å². The fraction of sp³-hybridized carbons (Fsp3) is 0.429. The number of hydrogen-bond acceptors (Lipinski definition) is 3. The molecule has 0 aromatic heterocycles. The molecule has 0 N–H and O–H groups in total. The Labute approximate surface area is 108 Å². The number of amides is 1. The number of carbonyl (C=O) groups excluding carboxylic acids is 1. The zero-order valence-electron chi connectivity index (χ0n) is 11.0. The van der Waals surface area contributed by atoms with E-state index in [0.717, 1.165) is 10.5 Å². The zero-order valence-corrected chi connectivity index (χ0v) is 11.0. The van der Waals surface area contributed by atoms with Gasteiger partial charge >= 0.3 is 6.09 Å². The van der Waals surface area contributed by atoms with Crippen molar-refractivity contribution in [2.75, 3.05) is 6.54 Å². The van der Waals surface area contributed by atoms with E-state index in [-0.39, 0.29) is 0 Å². The van der Waals surface area contributed by atoms with Crippen LogP contribution in [0.1, 0.15) is 26.3 Å². The molecule has 0 fully saturated rings. The highest BCUT2D eigenvalue weighted by atomic mass is 16.6. The minimum absolute atomic E-state index is 0.329. The Bertz CT molecular complexity index is 429. The molecule has 0 spiro atoms. The molecule has 0 aliphatic carbocycles. The van der Waals surface area contributed by atoms with Crippen LogP contribution in [-0.4, -0.2) is 23.1 Å². The van der Waals surface area contributed by atoms with Crippen LogP contribution >= 0.6 is 0 Å². The third-order valence-corrected chi connectivity index (χ3v) is 2.20. The predicted molar refractivity (Wildman–Crippen MR) is 68.7 cm³/mol. The topological polar surface area (TPSA) is 53.3 Å². The van der Waals surface area contributed by atoms with Crippen LogP contribution in [0, 0.1) is 11.5 Å². The summed E-state index contributed by atoms with van der Waals surface area (Å²) in [4.78, 5) is 12.7. The number of nitrogens with zero attached hydrogens (tertiary/aromatic N) is 2. The van der Waals surface area contributed by atoms with Crippen molar-refractivity contribution in [2.45, 2.75) is 32.8 Å². The Balaban J connectivity index is 2.53. The number of hydrogen-bond donors (Lipinski definition) is 0. The number of rotatable bonds is 3. The Morgan fingerprint density at radius 1 is 1.33 bits per heavy atom. The van der Waals surface area contributed by atoms with Crippen molar-refractivity contribution in [3.8, 4) is 6.19 Å². The molecule has 18 heavy (non-hydrogen) atoms. The van der Waals surface area contributed by atoms with Gasteiger partial charge < -0.3 is 4.74 Å². The summed E-state index contributed by atoms with van der Waals surface area (Å²) in [6.45, 7) is 5.66. The minimum atomic E-state index is -0.596. The molecule has 96 valence electrons. The van der Waals surface area contributed by atoms with Gasteiger partial charge in [0.25, 0.3) is 0 Å². The normalized spacial score (nSPS) is 10.6. The van der Waals surface area contributed by atoms with Crippen LogP contribution in [0.15, 0.2) is 30.3 Å². The number of nitriles is 1. The van der Waals surface area contributed by atoms with Crippen molar-refractivity contribution in [1.82, 2.24) is 4.90 Å². The SMILES string of the molecule is CC(C)(C)OC(=O)N(C#N)CCc1ccccc1. The molecule has 0 saturated carbocycles. The van der Waals surface area contributed by atoms with Crippen LogP contribution in [0.2, 0.25) is 0 Å². The van der Waals surface area contributed by atoms with E-state index in [2.05, 4.69) is 0 Å². The van der Waals surface area contributed by atoms with Crippen LogP contribution in [0.4, 0.5) is 4.79 Å². The second-order valence-electron chi connectivity index (χ2n) is 4.97. The highest BCUT2D eigenvalue weighted by molar-refractivity contribution is 5.69. The van der Waals surface area contributed by atoms with Gasteiger partial charge in [-0.2, -0.15) is 5.26 Å². The molecular formula is C14H18N2O2. The first-order valence-corrected chi connectivity index (χ1v) is 5.86. The Kier molecular flexibility index (Phi) is 4.73. The fourth-order valence-electron chi connectivity index (χ4n) is 1.38. The van der Waals surface area contributed by atoms with Crippen LogP contribution in [0.5, 0.6) is 0 Å². The lowest BCUT2D eigenvalue weighted by Gasteiger charge is -2.22. The summed E-state index contributed by atoms with van der Waals surface area (Å²) in [5.74, 6) is 0. The van der Waals surface area contributed by atoms with Gasteiger partial charge in [0.05, 0.1) is 0 Å². The Morgan fingerprint density at radius 2 is 1.94 bits per heavy atom. The van der Waals surface area contributed by atoms with Gasteiger partial charge in [0.15, 0.2) is 6.19 Å². The summed E-state index contributed by atoms with van der Waals surface area (Å²) >= 11 is 0. The van der Waals surface area contributed by atoms with Crippen molar-refractivity contribution in [2.24, 2.45) is 0 Å². The van der Waals surface area contributed by atoms with Crippen molar-refractivity contribution < 1.29 is 9.53 Å². The second-order valence-corrected chi connectivity index (χ2v) is 4.97.